The van der Waals surface area contributed by atoms with E-state index in [2.05, 4.69) is 11.4 Å². The molecule has 1 atom stereocenters. The van der Waals surface area contributed by atoms with Crippen LogP contribution in [0.4, 0.5) is 10.1 Å². The number of ether oxygens (including phenoxy) is 1. The van der Waals surface area contributed by atoms with Crippen molar-refractivity contribution in [3.8, 4) is 11.8 Å². The predicted molar refractivity (Wildman–Crippen MR) is 76.1 cm³/mol. The molecule has 0 radical (unpaired) electrons. The second kappa shape index (κ2) is 6.07. The Morgan fingerprint density at radius 3 is 2.70 bits per heavy atom. The number of nitrogens with zero attached hydrogens (tertiary/aromatic N) is 1. The Balaban J connectivity index is 2.17. The van der Waals surface area contributed by atoms with Crippen molar-refractivity contribution in [2.24, 2.45) is 0 Å². The Morgan fingerprint density at radius 2 is 2.05 bits per heavy atom. The van der Waals surface area contributed by atoms with Crippen LogP contribution in [0.15, 0.2) is 42.5 Å². The van der Waals surface area contributed by atoms with Gasteiger partial charge < -0.3 is 10.1 Å². The Bertz CT molecular complexity index is 649. The molecule has 4 heteroatoms. The van der Waals surface area contributed by atoms with Crippen LogP contribution >= 0.6 is 0 Å². The first kappa shape index (κ1) is 13.9. The van der Waals surface area contributed by atoms with Crippen molar-refractivity contribution in [3.05, 3.63) is 59.4 Å². The number of nitrogens with one attached hydrogen (secondary N) is 1. The van der Waals surface area contributed by atoms with Gasteiger partial charge in [0.1, 0.15) is 0 Å². The van der Waals surface area contributed by atoms with Crippen molar-refractivity contribution >= 4 is 5.69 Å². The van der Waals surface area contributed by atoms with E-state index in [0.717, 1.165) is 11.3 Å². The predicted octanol–water partition coefficient (Wildman–Crippen LogP) is 3.88. The lowest BCUT2D eigenvalue weighted by atomic mass is 10.1. The first-order valence-corrected chi connectivity index (χ1v) is 6.24. The van der Waals surface area contributed by atoms with Crippen molar-refractivity contribution < 1.29 is 9.13 Å². The molecule has 0 heterocycles. The van der Waals surface area contributed by atoms with Gasteiger partial charge in [0, 0.05) is 11.7 Å². The number of hydrogen-bond donors (Lipinski definition) is 1. The summed E-state index contributed by atoms with van der Waals surface area (Å²) in [6.45, 7) is 1.93. The molecule has 0 saturated carbocycles. The molecule has 1 N–H and O–H groups in total. The molecule has 0 aliphatic heterocycles. The fourth-order valence-corrected chi connectivity index (χ4v) is 1.96. The van der Waals surface area contributed by atoms with Gasteiger partial charge in [-0.15, -0.1) is 0 Å². The second-order valence-electron chi connectivity index (χ2n) is 4.45. The zero-order valence-corrected chi connectivity index (χ0v) is 11.4. The third kappa shape index (κ3) is 3.07. The molecule has 20 heavy (non-hydrogen) atoms. The van der Waals surface area contributed by atoms with E-state index in [1.54, 1.807) is 18.2 Å². The standard InChI is InChI=1S/C16H15FN2O/c1-11(13-6-7-16(20-2)15(17)9-13)19-14-5-3-4-12(8-14)10-18/h3-9,11,19H,1-2H3. The van der Waals surface area contributed by atoms with E-state index >= 15 is 0 Å². The molecule has 0 aliphatic carbocycles. The highest BCUT2D eigenvalue weighted by Crippen LogP contribution is 2.24. The number of hydrogen-bond acceptors (Lipinski definition) is 3. The van der Waals surface area contributed by atoms with Gasteiger partial charge in [0.05, 0.1) is 18.7 Å². The molecule has 3 nitrogen and oxygen atoms in total. The summed E-state index contributed by atoms with van der Waals surface area (Å²) in [5.41, 5.74) is 2.22. The molecule has 1 unspecified atom stereocenters. The number of benzene rings is 2. The average Bonchev–Trinajstić information content (AvgIpc) is 2.47. The summed E-state index contributed by atoms with van der Waals surface area (Å²) in [7, 11) is 1.44. The monoisotopic (exact) mass is 270 g/mol. The van der Waals surface area contributed by atoms with E-state index in [1.807, 2.05) is 25.1 Å². The van der Waals surface area contributed by atoms with E-state index in [4.69, 9.17) is 10.00 Å². The zero-order valence-electron chi connectivity index (χ0n) is 11.4. The molecule has 0 amide bonds. The number of rotatable bonds is 4. The molecule has 2 aromatic carbocycles. The summed E-state index contributed by atoms with van der Waals surface area (Å²) in [6.07, 6.45) is 0. The summed E-state index contributed by atoms with van der Waals surface area (Å²) in [4.78, 5) is 0. The van der Waals surface area contributed by atoms with Crippen LogP contribution in [0.5, 0.6) is 5.75 Å². The lowest BCUT2D eigenvalue weighted by Crippen LogP contribution is -2.07. The molecule has 2 aromatic rings. The highest BCUT2D eigenvalue weighted by atomic mass is 19.1. The fourth-order valence-electron chi connectivity index (χ4n) is 1.96. The summed E-state index contributed by atoms with van der Waals surface area (Å²) in [5, 5.41) is 12.1. The molecule has 0 bridgehead atoms. The minimum atomic E-state index is -0.385. The average molecular weight is 270 g/mol. The lowest BCUT2D eigenvalue weighted by Gasteiger charge is -2.16. The van der Waals surface area contributed by atoms with Gasteiger partial charge in [-0.3, -0.25) is 0 Å². The number of anilines is 1. The van der Waals surface area contributed by atoms with E-state index in [0.29, 0.717) is 5.56 Å². The summed E-state index contributed by atoms with van der Waals surface area (Å²) in [6, 6.07) is 14.1. The molecular formula is C16H15FN2O. The molecule has 0 fully saturated rings. The highest BCUT2D eigenvalue weighted by molar-refractivity contribution is 5.50. The fraction of sp³-hybridized carbons (Fsp3) is 0.188. The Morgan fingerprint density at radius 1 is 1.25 bits per heavy atom. The maximum Gasteiger partial charge on any atom is 0.165 e. The van der Waals surface area contributed by atoms with Crippen LogP contribution in [0, 0.1) is 17.1 Å². The molecule has 0 aromatic heterocycles. The van der Waals surface area contributed by atoms with Crippen LogP contribution in [-0.4, -0.2) is 7.11 Å². The van der Waals surface area contributed by atoms with Gasteiger partial charge in [0.2, 0.25) is 0 Å². The highest BCUT2D eigenvalue weighted by Gasteiger charge is 2.09. The maximum atomic E-state index is 13.7. The van der Waals surface area contributed by atoms with Crippen LogP contribution in [-0.2, 0) is 0 Å². The largest absolute Gasteiger partial charge is 0.494 e. The third-order valence-corrected chi connectivity index (χ3v) is 3.05. The van der Waals surface area contributed by atoms with Gasteiger partial charge in [-0.25, -0.2) is 4.39 Å². The normalized spacial score (nSPS) is 11.5. The molecule has 2 rings (SSSR count). The minimum Gasteiger partial charge on any atom is -0.494 e. The van der Waals surface area contributed by atoms with Crippen LogP contribution in [0.3, 0.4) is 0 Å². The van der Waals surface area contributed by atoms with Gasteiger partial charge >= 0.3 is 0 Å². The van der Waals surface area contributed by atoms with Crippen molar-refractivity contribution in [1.82, 2.24) is 0 Å². The molecule has 102 valence electrons. The summed E-state index contributed by atoms with van der Waals surface area (Å²) >= 11 is 0. The summed E-state index contributed by atoms with van der Waals surface area (Å²) in [5.74, 6) is -0.156. The second-order valence-corrected chi connectivity index (χ2v) is 4.45. The van der Waals surface area contributed by atoms with Crippen molar-refractivity contribution in [3.63, 3.8) is 0 Å². The molecule has 0 saturated heterocycles. The number of methoxy groups -OCH3 is 1. The first-order valence-electron chi connectivity index (χ1n) is 6.24. The minimum absolute atomic E-state index is 0.0793. The van der Waals surface area contributed by atoms with Gasteiger partial charge in [-0.2, -0.15) is 5.26 Å². The topological polar surface area (TPSA) is 45.0 Å². The van der Waals surface area contributed by atoms with E-state index in [-0.39, 0.29) is 17.6 Å². The summed E-state index contributed by atoms with van der Waals surface area (Å²) < 4.78 is 18.6. The first-order chi connectivity index (χ1) is 9.63. The van der Waals surface area contributed by atoms with Gasteiger partial charge in [0.15, 0.2) is 11.6 Å². The van der Waals surface area contributed by atoms with E-state index in [9.17, 15) is 4.39 Å². The van der Waals surface area contributed by atoms with Crippen molar-refractivity contribution in [2.45, 2.75) is 13.0 Å². The maximum absolute atomic E-state index is 13.7. The van der Waals surface area contributed by atoms with E-state index < -0.39 is 0 Å². The van der Waals surface area contributed by atoms with Crippen LogP contribution in [0.25, 0.3) is 0 Å². The molecule has 0 aliphatic rings. The van der Waals surface area contributed by atoms with Gasteiger partial charge in [0.25, 0.3) is 0 Å². The zero-order chi connectivity index (χ0) is 14.5. The van der Waals surface area contributed by atoms with Crippen molar-refractivity contribution in [1.29, 1.82) is 5.26 Å². The molecule has 0 spiro atoms. The van der Waals surface area contributed by atoms with Crippen LogP contribution < -0.4 is 10.1 Å². The number of nitriles is 1. The Hall–Kier alpha value is -2.54. The van der Waals surface area contributed by atoms with E-state index in [1.165, 1.54) is 13.2 Å². The molecular weight excluding hydrogens is 255 g/mol. The third-order valence-electron chi connectivity index (χ3n) is 3.05. The Labute approximate surface area is 117 Å². The Kier molecular flexibility index (Phi) is 4.21. The van der Waals surface area contributed by atoms with Crippen molar-refractivity contribution in [2.75, 3.05) is 12.4 Å². The van der Waals surface area contributed by atoms with Crippen LogP contribution in [0.1, 0.15) is 24.1 Å². The lowest BCUT2D eigenvalue weighted by molar-refractivity contribution is 0.386. The van der Waals surface area contributed by atoms with Gasteiger partial charge in [-0.1, -0.05) is 12.1 Å². The SMILES string of the molecule is COc1ccc(C(C)Nc2cccc(C#N)c2)cc1F. The van der Waals surface area contributed by atoms with Gasteiger partial charge in [-0.05, 0) is 42.8 Å². The smallest absolute Gasteiger partial charge is 0.165 e. The number of halogens is 1. The quantitative estimate of drug-likeness (QED) is 0.917. The van der Waals surface area contributed by atoms with Crippen LogP contribution in [0.2, 0.25) is 0 Å².